The summed E-state index contributed by atoms with van der Waals surface area (Å²) in [7, 11) is 0. The van der Waals surface area contributed by atoms with Crippen LogP contribution in [0.15, 0.2) is 22.8 Å². The van der Waals surface area contributed by atoms with Crippen molar-refractivity contribution in [2.75, 3.05) is 13.1 Å². The highest BCUT2D eigenvalue weighted by Crippen LogP contribution is 2.24. The van der Waals surface area contributed by atoms with Gasteiger partial charge in [0.1, 0.15) is 5.76 Å². The van der Waals surface area contributed by atoms with E-state index in [0.29, 0.717) is 0 Å². The van der Waals surface area contributed by atoms with Crippen LogP contribution in [0.25, 0.3) is 0 Å². The van der Waals surface area contributed by atoms with Gasteiger partial charge >= 0.3 is 0 Å². The molecule has 15 heavy (non-hydrogen) atoms. The zero-order valence-corrected chi connectivity index (χ0v) is 9.94. The van der Waals surface area contributed by atoms with Gasteiger partial charge in [0.2, 0.25) is 0 Å². The van der Waals surface area contributed by atoms with Crippen molar-refractivity contribution in [1.29, 1.82) is 0 Å². The summed E-state index contributed by atoms with van der Waals surface area (Å²) < 4.78 is 5.48. The molecule has 0 spiro atoms. The molecule has 3 heteroatoms. The van der Waals surface area contributed by atoms with Gasteiger partial charge in [-0.1, -0.05) is 20.8 Å². The standard InChI is InChI=1S/C12H22N2O/c1-4-10(13)12(14(5-2)6-3)11-8-7-9-15-11/h7-10,12H,4-6,13H2,1-3H3. The fourth-order valence-electron chi connectivity index (χ4n) is 1.96. The summed E-state index contributed by atoms with van der Waals surface area (Å²) in [4.78, 5) is 2.34. The first-order valence-corrected chi connectivity index (χ1v) is 5.77. The minimum Gasteiger partial charge on any atom is -0.468 e. The number of rotatable bonds is 6. The molecule has 1 heterocycles. The third kappa shape index (κ3) is 2.83. The van der Waals surface area contributed by atoms with Gasteiger partial charge in [-0.05, 0) is 31.6 Å². The Bertz CT molecular complexity index is 255. The Morgan fingerprint density at radius 1 is 1.33 bits per heavy atom. The highest BCUT2D eigenvalue weighted by atomic mass is 16.3. The van der Waals surface area contributed by atoms with Crippen LogP contribution in [-0.2, 0) is 0 Å². The van der Waals surface area contributed by atoms with E-state index < -0.39 is 0 Å². The van der Waals surface area contributed by atoms with Crippen molar-refractivity contribution in [3.8, 4) is 0 Å². The number of hydrogen-bond acceptors (Lipinski definition) is 3. The molecule has 3 nitrogen and oxygen atoms in total. The number of furan rings is 1. The van der Waals surface area contributed by atoms with Crippen LogP contribution in [0, 0.1) is 0 Å². The van der Waals surface area contributed by atoms with E-state index in [-0.39, 0.29) is 12.1 Å². The van der Waals surface area contributed by atoms with E-state index in [0.717, 1.165) is 25.3 Å². The second-order valence-electron chi connectivity index (χ2n) is 3.75. The van der Waals surface area contributed by atoms with E-state index in [9.17, 15) is 0 Å². The quantitative estimate of drug-likeness (QED) is 0.784. The van der Waals surface area contributed by atoms with Crippen molar-refractivity contribution in [1.82, 2.24) is 4.90 Å². The number of likely N-dealkylation sites (N-methyl/N-ethyl adjacent to an activating group) is 1. The van der Waals surface area contributed by atoms with Gasteiger partial charge in [-0.3, -0.25) is 4.90 Å². The number of nitrogens with zero attached hydrogens (tertiary/aromatic N) is 1. The molecule has 2 N–H and O–H groups in total. The molecule has 0 fully saturated rings. The molecule has 86 valence electrons. The molecule has 1 aromatic heterocycles. The first kappa shape index (κ1) is 12.3. The minimum atomic E-state index is 0.135. The van der Waals surface area contributed by atoms with Crippen molar-refractivity contribution in [3.05, 3.63) is 24.2 Å². The van der Waals surface area contributed by atoms with E-state index in [1.165, 1.54) is 0 Å². The molecule has 0 bridgehead atoms. The molecular formula is C12H22N2O. The minimum absolute atomic E-state index is 0.135. The Labute approximate surface area is 92.2 Å². The normalized spacial score (nSPS) is 15.5. The average Bonchev–Trinajstić information content (AvgIpc) is 2.77. The lowest BCUT2D eigenvalue weighted by Gasteiger charge is -2.32. The maximum Gasteiger partial charge on any atom is 0.122 e. The van der Waals surface area contributed by atoms with Gasteiger partial charge in [0.05, 0.1) is 12.3 Å². The second-order valence-corrected chi connectivity index (χ2v) is 3.75. The van der Waals surface area contributed by atoms with Gasteiger partial charge in [-0.2, -0.15) is 0 Å². The van der Waals surface area contributed by atoms with Crippen LogP contribution >= 0.6 is 0 Å². The predicted octanol–water partition coefficient (Wildman–Crippen LogP) is 2.40. The van der Waals surface area contributed by atoms with Crippen LogP contribution < -0.4 is 5.73 Å². The van der Waals surface area contributed by atoms with Gasteiger partial charge in [0.15, 0.2) is 0 Å². The van der Waals surface area contributed by atoms with E-state index >= 15 is 0 Å². The molecular weight excluding hydrogens is 188 g/mol. The molecule has 1 rings (SSSR count). The molecule has 0 aliphatic carbocycles. The first-order chi connectivity index (χ1) is 7.24. The van der Waals surface area contributed by atoms with Crippen molar-refractivity contribution >= 4 is 0 Å². The lowest BCUT2D eigenvalue weighted by molar-refractivity contribution is 0.163. The van der Waals surface area contributed by atoms with Gasteiger partial charge < -0.3 is 10.2 Å². The highest BCUT2D eigenvalue weighted by molar-refractivity contribution is 5.07. The maximum absolute atomic E-state index is 6.16. The highest BCUT2D eigenvalue weighted by Gasteiger charge is 2.25. The smallest absolute Gasteiger partial charge is 0.122 e. The predicted molar refractivity (Wildman–Crippen MR) is 62.6 cm³/mol. The van der Waals surface area contributed by atoms with E-state index in [2.05, 4.69) is 25.7 Å². The Morgan fingerprint density at radius 2 is 2.00 bits per heavy atom. The Hall–Kier alpha value is -0.800. The second kappa shape index (κ2) is 5.93. The molecule has 0 aliphatic rings. The van der Waals surface area contributed by atoms with Crippen molar-refractivity contribution in [2.24, 2.45) is 5.73 Å². The monoisotopic (exact) mass is 210 g/mol. The summed E-state index contributed by atoms with van der Waals surface area (Å²) in [6.07, 6.45) is 2.68. The van der Waals surface area contributed by atoms with Crippen molar-refractivity contribution in [2.45, 2.75) is 39.3 Å². The third-order valence-corrected chi connectivity index (χ3v) is 2.92. The summed E-state index contributed by atoms with van der Waals surface area (Å²) in [6, 6.07) is 4.28. The van der Waals surface area contributed by atoms with Gasteiger partial charge in [0, 0.05) is 6.04 Å². The van der Waals surface area contributed by atoms with Gasteiger partial charge in [0.25, 0.3) is 0 Å². The van der Waals surface area contributed by atoms with Crippen LogP contribution in [0.3, 0.4) is 0 Å². The van der Waals surface area contributed by atoms with Crippen LogP contribution in [0.4, 0.5) is 0 Å². The van der Waals surface area contributed by atoms with Crippen LogP contribution in [0.2, 0.25) is 0 Å². The van der Waals surface area contributed by atoms with Crippen LogP contribution in [0.5, 0.6) is 0 Å². The fourth-order valence-corrected chi connectivity index (χ4v) is 1.96. The Morgan fingerprint density at radius 3 is 2.40 bits per heavy atom. The van der Waals surface area contributed by atoms with E-state index in [1.54, 1.807) is 6.26 Å². The van der Waals surface area contributed by atoms with Crippen LogP contribution in [-0.4, -0.2) is 24.0 Å². The lowest BCUT2D eigenvalue weighted by atomic mass is 10.0. The third-order valence-electron chi connectivity index (χ3n) is 2.92. The Kier molecular flexibility index (Phi) is 4.85. The summed E-state index contributed by atoms with van der Waals surface area (Å²) in [5.41, 5.74) is 6.16. The molecule has 0 amide bonds. The molecule has 0 saturated carbocycles. The molecule has 0 saturated heterocycles. The molecule has 2 unspecified atom stereocenters. The summed E-state index contributed by atoms with van der Waals surface area (Å²) in [6.45, 7) is 8.42. The van der Waals surface area contributed by atoms with Gasteiger partial charge in [-0.25, -0.2) is 0 Å². The van der Waals surface area contributed by atoms with Gasteiger partial charge in [-0.15, -0.1) is 0 Å². The number of hydrogen-bond donors (Lipinski definition) is 1. The summed E-state index contributed by atoms with van der Waals surface area (Å²) >= 11 is 0. The first-order valence-electron chi connectivity index (χ1n) is 5.77. The maximum atomic E-state index is 6.16. The summed E-state index contributed by atoms with van der Waals surface area (Å²) in [5, 5.41) is 0. The zero-order chi connectivity index (χ0) is 11.3. The summed E-state index contributed by atoms with van der Waals surface area (Å²) in [5.74, 6) is 0.980. The fraction of sp³-hybridized carbons (Fsp3) is 0.667. The zero-order valence-electron chi connectivity index (χ0n) is 9.94. The lowest BCUT2D eigenvalue weighted by Crippen LogP contribution is -2.40. The SMILES string of the molecule is CCC(N)C(c1ccco1)N(CC)CC. The van der Waals surface area contributed by atoms with Crippen molar-refractivity contribution in [3.63, 3.8) is 0 Å². The molecule has 0 aromatic carbocycles. The Balaban J connectivity index is 2.87. The molecule has 0 radical (unpaired) electrons. The topological polar surface area (TPSA) is 42.4 Å². The largest absolute Gasteiger partial charge is 0.468 e. The molecule has 1 aromatic rings. The average molecular weight is 210 g/mol. The van der Waals surface area contributed by atoms with E-state index in [4.69, 9.17) is 10.2 Å². The number of nitrogens with two attached hydrogens (primary N) is 1. The van der Waals surface area contributed by atoms with E-state index in [1.807, 2.05) is 12.1 Å². The molecule has 0 aliphatic heterocycles. The molecule has 2 atom stereocenters. The van der Waals surface area contributed by atoms with Crippen LogP contribution in [0.1, 0.15) is 39.0 Å². The van der Waals surface area contributed by atoms with Crippen molar-refractivity contribution < 1.29 is 4.42 Å².